The summed E-state index contributed by atoms with van der Waals surface area (Å²) in [4.78, 5) is 4.55. The number of aryl methyl sites for hydroxylation is 4. The predicted molar refractivity (Wildman–Crippen MR) is 74.8 cm³/mol. The first-order valence-electron chi connectivity index (χ1n) is 6.24. The van der Waals surface area contributed by atoms with Crippen LogP contribution in [0.25, 0.3) is 0 Å². The normalized spacial score (nSPS) is 11.8. The Kier molecular flexibility index (Phi) is 3.49. The Hall–Kier alpha value is -1.62. The molecule has 0 bridgehead atoms. The smallest absolute Gasteiger partial charge is 0.238 e. The van der Waals surface area contributed by atoms with E-state index < -0.39 is 10.0 Å². The summed E-state index contributed by atoms with van der Waals surface area (Å²) in [5.74, 6) is 0.565. The van der Waals surface area contributed by atoms with E-state index >= 15 is 0 Å². The molecule has 1 heterocycles. The predicted octanol–water partition coefficient (Wildman–Crippen LogP) is 2.61. The number of benzene rings is 1. The summed E-state index contributed by atoms with van der Waals surface area (Å²) < 4.78 is 26.5. The lowest BCUT2D eigenvalue weighted by molar-refractivity contribution is 0.584. The fourth-order valence-electron chi connectivity index (χ4n) is 1.96. The van der Waals surface area contributed by atoms with Gasteiger partial charge in [-0.1, -0.05) is 13.0 Å². The van der Waals surface area contributed by atoms with Crippen LogP contribution >= 0.6 is 0 Å². The second-order valence-corrected chi connectivity index (χ2v) is 6.51. The van der Waals surface area contributed by atoms with E-state index in [1.807, 2.05) is 26.8 Å². The largest absolute Gasteiger partial charge is 0.269 e. The average Bonchev–Trinajstić information content (AvgIpc) is 2.74. The zero-order valence-electron chi connectivity index (χ0n) is 11.6. The molecule has 0 spiro atoms. The van der Waals surface area contributed by atoms with E-state index in [4.69, 9.17) is 0 Å². The Morgan fingerprint density at radius 2 is 1.84 bits per heavy atom. The molecule has 1 aromatic carbocycles. The maximum absolute atomic E-state index is 12.6. The van der Waals surface area contributed by atoms with Crippen molar-refractivity contribution < 1.29 is 8.42 Å². The van der Waals surface area contributed by atoms with Crippen molar-refractivity contribution in [3.05, 3.63) is 47.0 Å². The Morgan fingerprint density at radius 1 is 1.16 bits per heavy atom. The van der Waals surface area contributed by atoms with E-state index in [1.54, 1.807) is 25.3 Å². The number of hydrogen-bond acceptors (Lipinski definition) is 3. The summed E-state index contributed by atoms with van der Waals surface area (Å²) in [6.07, 6.45) is 2.15. The van der Waals surface area contributed by atoms with Crippen molar-refractivity contribution in [3.8, 4) is 0 Å². The molecule has 0 aliphatic heterocycles. The van der Waals surface area contributed by atoms with Gasteiger partial charge in [-0.2, -0.15) is 0 Å². The van der Waals surface area contributed by atoms with Crippen molar-refractivity contribution in [1.82, 2.24) is 8.96 Å². The van der Waals surface area contributed by atoms with Crippen LogP contribution in [0.5, 0.6) is 0 Å². The molecule has 0 aliphatic carbocycles. The maximum atomic E-state index is 12.6. The molecule has 0 N–H and O–H groups in total. The topological polar surface area (TPSA) is 52.0 Å². The van der Waals surface area contributed by atoms with Crippen LogP contribution in [0, 0.1) is 20.8 Å². The summed E-state index contributed by atoms with van der Waals surface area (Å²) in [5, 5.41) is 0. The molecule has 102 valence electrons. The summed E-state index contributed by atoms with van der Waals surface area (Å²) in [5.41, 5.74) is 2.76. The first-order chi connectivity index (χ1) is 8.86. The number of nitrogens with zero attached hydrogens (tertiary/aromatic N) is 2. The lowest BCUT2D eigenvalue weighted by Gasteiger charge is -2.09. The lowest BCUT2D eigenvalue weighted by atomic mass is 10.1. The van der Waals surface area contributed by atoms with Gasteiger partial charge in [-0.05, 0) is 44.0 Å². The summed E-state index contributed by atoms with van der Waals surface area (Å²) in [6, 6.07) is 5.18. The molecule has 5 heteroatoms. The van der Waals surface area contributed by atoms with Crippen LogP contribution in [0.15, 0.2) is 29.3 Å². The van der Waals surface area contributed by atoms with Crippen LogP contribution < -0.4 is 0 Å². The van der Waals surface area contributed by atoms with Crippen LogP contribution in [0.4, 0.5) is 0 Å². The Labute approximate surface area is 114 Å². The number of aromatic nitrogens is 2. The van der Waals surface area contributed by atoms with Crippen LogP contribution in [-0.2, 0) is 16.4 Å². The molecule has 1 aromatic heterocycles. The van der Waals surface area contributed by atoms with Gasteiger partial charge in [-0.15, -0.1) is 0 Å². The first-order valence-corrected chi connectivity index (χ1v) is 7.68. The van der Waals surface area contributed by atoms with Crippen molar-refractivity contribution in [1.29, 1.82) is 0 Å². The van der Waals surface area contributed by atoms with Gasteiger partial charge in [-0.25, -0.2) is 17.4 Å². The quantitative estimate of drug-likeness (QED) is 0.867. The number of rotatable bonds is 3. The van der Waals surface area contributed by atoms with E-state index in [0.29, 0.717) is 22.8 Å². The highest BCUT2D eigenvalue weighted by Crippen LogP contribution is 2.19. The Morgan fingerprint density at radius 3 is 2.42 bits per heavy atom. The Balaban J connectivity index is 2.61. The van der Waals surface area contributed by atoms with Crippen molar-refractivity contribution in [2.75, 3.05) is 0 Å². The number of hydrogen-bond donors (Lipinski definition) is 0. The standard InChI is InChI=1S/C14H18N2O2S/c1-5-14-15-12(4)9-16(14)19(17,18)13-7-6-10(2)11(3)8-13/h6-9H,5H2,1-4H3. The second kappa shape index (κ2) is 4.81. The molecule has 2 rings (SSSR count). The van der Waals surface area contributed by atoms with Crippen molar-refractivity contribution in [2.45, 2.75) is 39.0 Å². The zero-order valence-corrected chi connectivity index (χ0v) is 12.5. The fraction of sp³-hybridized carbons (Fsp3) is 0.357. The van der Waals surface area contributed by atoms with Gasteiger partial charge < -0.3 is 0 Å². The first kappa shape index (κ1) is 13.8. The second-order valence-electron chi connectivity index (χ2n) is 4.70. The highest BCUT2D eigenvalue weighted by molar-refractivity contribution is 7.90. The van der Waals surface area contributed by atoms with Crippen molar-refractivity contribution >= 4 is 10.0 Å². The minimum atomic E-state index is -3.55. The molecular formula is C14H18N2O2S. The van der Waals surface area contributed by atoms with Crippen molar-refractivity contribution in [3.63, 3.8) is 0 Å². The van der Waals surface area contributed by atoms with Gasteiger partial charge in [0.15, 0.2) is 0 Å². The molecule has 0 saturated carbocycles. The van der Waals surface area contributed by atoms with Crippen LogP contribution in [0.3, 0.4) is 0 Å². The number of imidazole rings is 1. The van der Waals surface area contributed by atoms with E-state index in [2.05, 4.69) is 4.98 Å². The van der Waals surface area contributed by atoms with Gasteiger partial charge in [0.2, 0.25) is 0 Å². The van der Waals surface area contributed by atoms with Crippen LogP contribution in [0.2, 0.25) is 0 Å². The van der Waals surface area contributed by atoms with E-state index in [9.17, 15) is 8.42 Å². The van der Waals surface area contributed by atoms with Crippen LogP contribution in [0.1, 0.15) is 29.6 Å². The van der Waals surface area contributed by atoms with Gasteiger partial charge in [0.05, 0.1) is 10.6 Å². The molecule has 0 atom stereocenters. The molecule has 0 radical (unpaired) electrons. The maximum Gasteiger partial charge on any atom is 0.269 e. The van der Waals surface area contributed by atoms with E-state index in [0.717, 1.165) is 11.1 Å². The summed E-state index contributed by atoms with van der Waals surface area (Å²) in [7, 11) is -3.55. The van der Waals surface area contributed by atoms with Crippen molar-refractivity contribution in [2.24, 2.45) is 0 Å². The molecule has 19 heavy (non-hydrogen) atoms. The Bertz CT molecular complexity index is 715. The van der Waals surface area contributed by atoms with Gasteiger partial charge in [0, 0.05) is 12.6 Å². The van der Waals surface area contributed by atoms with E-state index in [1.165, 1.54) is 3.97 Å². The zero-order chi connectivity index (χ0) is 14.2. The minimum Gasteiger partial charge on any atom is -0.238 e. The van der Waals surface area contributed by atoms with Gasteiger partial charge >= 0.3 is 0 Å². The third-order valence-corrected chi connectivity index (χ3v) is 4.90. The summed E-state index contributed by atoms with van der Waals surface area (Å²) >= 11 is 0. The minimum absolute atomic E-state index is 0.308. The van der Waals surface area contributed by atoms with Gasteiger partial charge in [0.25, 0.3) is 10.0 Å². The third kappa shape index (κ3) is 2.42. The SMILES string of the molecule is CCc1nc(C)cn1S(=O)(=O)c1ccc(C)c(C)c1. The highest BCUT2D eigenvalue weighted by atomic mass is 32.2. The lowest BCUT2D eigenvalue weighted by Crippen LogP contribution is -2.15. The molecule has 0 amide bonds. The molecular weight excluding hydrogens is 260 g/mol. The van der Waals surface area contributed by atoms with Gasteiger partial charge in [0.1, 0.15) is 5.82 Å². The molecule has 0 aliphatic rings. The molecule has 0 unspecified atom stereocenters. The average molecular weight is 278 g/mol. The monoisotopic (exact) mass is 278 g/mol. The van der Waals surface area contributed by atoms with Gasteiger partial charge in [-0.3, -0.25) is 0 Å². The molecule has 0 saturated heterocycles. The summed E-state index contributed by atoms with van der Waals surface area (Å²) in [6.45, 7) is 7.57. The third-order valence-electron chi connectivity index (χ3n) is 3.22. The molecule has 4 nitrogen and oxygen atoms in total. The fourth-order valence-corrected chi connectivity index (χ4v) is 3.49. The van der Waals surface area contributed by atoms with Crippen LogP contribution in [-0.4, -0.2) is 17.4 Å². The highest BCUT2D eigenvalue weighted by Gasteiger charge is 2.20. The molecule has 2 aromatic rings. The van der Waals surface area contributed by atoms with E-state index in [-0.39, 0.29) is 0 Å². The molecule has 0 fully saturated rings.